The molecule has 0 aliphatic heterocycles. The number of aryl methyl sites for hydroxylation is 1. The van der Waals surface area contributed by atoms with Crippen molar-refractivity contribution in [3.8, 4) is 5.75 Å². The van der Waals surface area contributed by atoms with E-state index in [0.717, 1.165) is 42.6 Å². The van der Waals surface area contributed by atoms with E-state index >= 15 is 0 Å². The van der Waals surface area contributed by atoms with Crippen molar-refractivity contribution in [1.29, 1.82) is 0 Å². The number of hydrogen-bond acceptors (Lipinski definition) is 3. The van der Waals surface area contributed by atoms with Gasteiger partial charge in [-0.3, -0.25) is 4.79 Å². The molecule has 1 aliphatic carbocycles. The van der Waals surface area contributed by atoms with Crippen molar-refractivity contribution >= 4 is 5.78 Å². The van der Waals surface area contributed by atoms with Gasteiger partial charge in [-0.25, -0.2) is 0 Å². The number of ketones is 1. The molecule has 0 spiro atoms. The minimum atomic E-state index is -0.819. The van der Waals surface area contributed by atoms with Crippen LogP contribution in [0.4, 0.5) is 0 Å². The molecule has 20 heavy (non-hydrogen) atoms. The summed E-state index contributed by atoms with van der Waals surface area (Å²) in [5.74, 6) is 0.785. The molecule has 1 saturated carbocycles. The Bertz CT molecular complexity index is 461. The van der Waals surface area contributed by atoms with Gasteiger partial charge in [-0.15, -0.1) is 0 Å². The molecular formula is C17H24O3. The predicted octanol–water partition coefficient (Wildman–Crippen LogP) is 3.06. The van der Waals surface area contributed by atoms with Crippen LogP contribution in [0.1, 0.15) is 43.2 Å². The maximum absolute atomic E-state index is 12.3. The number of rotatable bonds is 5. The molecular weight excluding hydrogens is 252 g/mol. The SMILES string of the molecule is COc1ccc(C)cc1CC(=O)C(O)C1CCCCC1. The summed E-state index contributed by atoms with van der Waals surface area (Å²) in [6.45, 7) is 1.99. The number of ether oxygens (including phenoxy) is 1. The molecule has 1 aliphatic rings. The molecule has 1 N–H and O–H groups in total. The van der Waals surface area contributed by atoms with Crippen molar-refractivity contribution in [3.63, 3.8) is 0 Å². The largest absolute Gasteiger partial charge is 0.496 e. The molecule has 0 saturated heterocycles. The highest BCUT2D eigenvalue weighted by Gasteiger charge is 2.27. The number of aliphatic hydroxyl groups excluding tert-OH is 1. The Balaban J connectivity index is 2.05. The van der Waals surface area contributed by atoms with Crippen LogP contribution in [0.5, 0.6) is 5.75 Å². The number of carbonyl (C=O) groups excluding carboxylic acids is 1. The number of benzene rings is 1. The van der Waals surface area contributed by atoms with Gasteiger partial charge in [-0.2, -0.15) is 0 Å². The zero-order valence-corrected chi connectivity index (χ0v) is 12.4. The molecule has 3 nitrogen and oxygen atoms in total. The fourth-order valence-electron chi connectivity index (χ4n) is 3.05. The Morgan fingerprint density at radius 1 is 1.35 bits per heavy atom. The summed E-state index contributed by atoms with van der Waals surface area (Å²) in [6, 6.07) is 5.81. The Labute approximate surface area is 121 Å². The highest BCUT2D eigenvalue weighted by atomic mass is 16.5. The third kappa shape index (κ3) is 3.60. The average molecular weight is 276 g/mol. The molecule has 1 atom stereocenters. The summed E-state index contributed by atoms with van der Waals surface area (Å²) >= 11 is 0. The lowest BCUT2D eigenvalue weighted by molar-refractivity contribution is -0.129. The molecule has 1 unspecified atom stereocenters. The maximum atomic E-state index is 12.3. The van der Waals surface area contributed by atoms with Crippen molar-refractivity contribution in [2.45, 2.75) is 51.6 Å². The van der Waals surface area contributed by atoms with E-state index in [9.17, 15) is 9.90 Å². The van der Waals surface area contributed by atoms with Crippen molar-refractivity contribution in [3.05, 3.63) is 29.3 Å². The first-order chi connectivity index (χ1) is 9.61. The molecule has 3 heteroatoms. The Kier molecular flexibility index (Phi) is 5.18. The summed E-state index contributed by atoms with van der Waals surface area (Å²) in [5, 5.41) is 10.2. The van der Waals surface area contributed by atoms with Gasteiger partial charge < -0.3 is 9.84 Å². The zero-order valence-electron chi connectivity index (χ0n) is 12.4. The van der Waals surface area contributed by atoms with Crippen LogP contribution in [-0.4, -0.2) is 24.1 Å². The number of aliphatic hydroxyl groups is 1. The Hall–Kier alpha value is -1.35. The smallest absolute Gasteiger partial charge is 0.166 e. The number of Topliss-reactive ketones (excluding diaryl/α,β-unsaturated/α-hetero) is 1. The van der Waals surface area contributed by atoms with Crippen molar-refractivity contribution in [2.24, 2.45) is 5.92 Å². The van der Waals surface area contributed by atoms with Gasteiger partial charge in [0.15, 0.2) is 5.78 Å². The number of carbonyl (C=O) groups is 1. The first kappa shape index (κ1) is 15.0. The summed E-state index contributed by atoms with van der Waals surface area (Å²) < 4.78 is 5.29. The van der Waals surface area contributed by atoms with Gasteiger partial charge in [0.25, 0.3) is 0 Å². The van der Waals surface area contributed by atoms with Crippen LogP contribution in [0, 0.1) is 12.8 Å². The van der Waals surface area contributed by atoms with Crippen LogP contribution in [0.15, 0.2) is 18.2 Å². The topological polar surface area (TPSA) is 46.5 Å². The van der Waals surface area contributed by atoms with Crippen LogP contribution in [-0.2, 0) is 11.2 Å². The second kappa shape index (κ2) is 6.89. The van der Waals surface area contributed by atoms with Gasteiger partial charge in [-0.05, 0) is 31.7 Å². The van der Waals surface area contributed by atoms with E-state index in [2.05, 4.69) is 0 Å². The zero-order chi connectivity index (χ0) is 14.5. The minimum absolute atomic E-state index is 0.0826. The van der Waals surface area contributed by atoms with Gasteiger partial charge >= 0.3 is 0 Å². The standard InChI is InChI=1S/C17H24O3/c1-12-8-9-16(20-2)14(10-12)11-15(18)17(19)13-6-4-3-5-7-13/h8-10,13,17,19H,3-7,11H2,1-2H3. The van der Waals surface area contributed by atoms with Crippen molar-refractivity contribution in [2.75, 3.05) is 7.11 Å². The summed E-state index contributed by atoms with van der Waals surface area (Å²) in [7, 11) is 1.61. The third-order valence-corrected chi connectivity index (χ3v) is 4.23. The number of hydrogen-bond donors (Lipinski definition) is 1. The quantitative estimate of drug-likeness (QED) is 0.899. The van der Waals surface area contributed by atoms with Gasteiger partial charge in [0.2, 0.25) is 0 Å². The second-order valence-electron chi connectivity index (χ2n) is 5.80. The van der Waals surface area contributed by atoms with E-state index in [1.54, 1.807) is 7.11 Å². The molecule has 0 bridgehead atoms. The minimum Gasteiger partial charge on any atom is -0.496 e. The first-order valence-corrected chi connectivity index (χ1v) is 7.46. The summed E-state index contributed by atoms with van der Waals surface area (Å²) in [5.41, 5.74) is 1.97. The van der Waals surface area contributed by atoms with E-state index in [0.29, 0.717) is 0 Å². The van der Waals surface area contributed by atoms with Gasteiger partial charge in [0.05, 0.1) is 7.11 Å². The maximum Gasteiger partial charge on any atom is 0.166 e. The fraction of sp³-hybridized carbons (Fsp3) is 0.588. The van der Waals surface area contributed by atoms with E-state index in [1.807, 2.05) is 25.1 Å². The van der Waals surface area contributed by atoms with Crippen LogP contribution < -0.4 is 4.74 Å². The van der Waals surface area contributed by atoms with Crippen LogP contribution >= 0.6 is 0 Å². The monoisotopic (exact) mass is 276 g/mol. The first-order valence-electron chi connectivity index (χ1n) is 7.46. The summed E-state index contributed by atoms with van der Waals surface area (Å²) in [4.78, 5) is 12.3. The lowest BCUT2D eigenvalue weighted by atomic mass is 9.83. The highest BCUT2D eigenvalue weighted by molar-refractivity contribution is 5.85. The normalized spacial score (nSPS) is 17.8. The number of methoxy groups -OCH3 is 1. The lowest BCUT2D eigenvalue weighted by Crippen LogP contribution is -2.32. The summed E-state index contributed by atoms with van der Waals surface area (Å²) in [6.07, 6.45) is 4.85. The Morgan fingerprint density at radius 2 is 2.05 bits per heavy atom. The average Bonchev–Trinajstić information content (AvgIpc) is 2.47. The Morgan fingerprint density at radius 3 is 2.70 bits per heavy atom. The van der Waals surface area contributed by atoms with E-state index in [-0.39, 0.29) is 18.1 Å². The molecule has 0 heterocycles. The van der Waals surface area contributed by atoms with E-state index in [1.165, 1.54) is 6.42 Å². The third-order valence-electron chi connectivity index (χ3n) is 4.23. The van der Waals surface area contributed by atoms with Crippen LogP contribution in [0.3, 0.4) is 0 Å². The molecule has 0 aromatic heterocycles. The lowest BCUT2D eigenvalue weighted by Gasteiger charge is -2.25. The second-order valence-corrected chi connectivity index (χ2v) is 5.80. The van der Waals surface area contributed by atoms with E-state index < -0.39 is 6.10 Å². The molecule has 1 aromatic rings. The van der Waals surface area contributed by atoms with Crippen LogP contribution in [0.2, 0.25) is 0 Å². The van der Waals surface area contributed by atoms with Gasteiger partial charge in [0.1, 0.15) is 11.9 Å². The molecule has 1 aromatic carbocycles. The molecule has 0 amide bonds. The molecule has 0 radical (unpaired) electrons. The molecule has 110 valence electrons. The van der Waals surface area contributed by atoms with Gasteiger partial charge in [0, 0.05) is 12.0 Å². The molecule has 1 fully saturated rings. The van der Waals surface area contributed by atoms with Crippen LogP contribution in [0.25, 0.3) is 0 Å². The van der Waals surface area contributed by atoms with Crippen molar-refractivity contribution in [1.82, 2.24) is 0 Å². The fourth-order valence-corrected chi connectivity index (χ4v) is 3.05. The highest BCUT2D eigenvalue weighted by Crippen LogP contribution is 2.28. The van der Waals surface area contributed by atoms with Gasteiger partial charge in [-0.1, -0.05) is 37.0 Å². The molecule has 2 rings (SSSR count). The van der Waals surface area contributed by atoms with E-state index in [4.69, 9.17) is 4.74 Å². The predicted molar refractivity (Wildman–Crippen MR) is 79.0 cm³/mol. The van der Waals surface area contributed by atoms with Crippen molar-refractivity contribution < 1.29 is 14.6 Å².